The Hall–Kier alpha value is -0.610. The highest BCUT2D eigenvalue weighted by atomic mass is 16.5. The van der Waals surface area contributed by atoms with Gasteiger partial charge in [-0.1, -0.05) is 6.92 Å². The van der Waals surface area contributed by atoms with Crippen LogP contribution in [-0.4, -0.2) is 43.2 Å². The van der Waals surface area contributed by atoms with E-state index in [0.29, 0.717) is 6.42 Å². The molecule has 4 heteroatoms. The second-order valence-electron chi connectivity index (χ2n) is 5.56. The molecule has 1 saturated heterocycles. The third-order valence-corrected chi connectivity index (χ3v) is 3.58. The molecule has 100 valence electrons. The molecule has 2 unspecified atom stereocenters. The zero-order chi connectivity index (χ0) is 12.9. The third-order valence-electron chi connectivity index (χ3n) is 3.58. The number of carbonyl (C=O) groups is 1. The maximum atomic E-state index is 11.4. The van der Waals surface area contributed by atoms with Crippen LogP contribution in [0.15, 0.2) is 0 Å². The monoisotopic (exact) mass is 242 g/mol. The number of hydrogen-bond acceptors (Lipinski definition) is 4. The predicted octanol–water partition coefficient (Wildman–Crippen LogP) is 1.39. The topological polar surface area (TPSA) is 55.6 Å². The highest BCUT2D eigenvalue weighted by Crippen LogP contribution is 2.17. The molecule has 0 bridgehead atoms. The van der Waals surface area contributed by atoms with Crippen molar-refractivity contribution in [3.05, 3.63) is 0 Å². The number of rotatable bonds is 6. The van der Waals surface area contributed by atoms with Gasteiger partial charge in [-0.25, -0.2) is 0 Å². The van der Waals surface area contributed by atoms with E-state index in [0.717, 1.165) is 25.3 Å². The minimum Gasteiger partial charge on any atom is -0.468 e. The average molecular weight is 242 g/mol. The molecule has 0 aromatic rings. The molecule has 0 saturated carbocycles. The summed E-state index contributed by atoms with van der Waals surface area (Å²) >= 11 is 0. The fourth-order valence-corrected chi connectivity index (χ4v) is 2.39. The molecule has 1 rings (SSSR count). The van der Waals surface area contributed by atoms with Gasteiger partial charge in [0, 0.05) is 6.54 Å². The van der Waals surface area contributed by atoms with Crippen molar-refractivity contribution in [2.24, 2.45) is 11.7 Å². The van der Waals surface area contributed by atoms with Crippen molar-refractivity contribution in [2.75, 3.05) is 26.7 Å². The van der Waals surface area contributed by atoms with Crippen LogP contribution in [0.25, 0.3) is 0 Å². The first kappa shape index (κ1) is 14.5. The number of hydrogen-bond donors (Lipinski definition) is 1. The first-order chi connectivity index (χ1) is 7.95. The fraction of sp³-hybridized carbons (Fsp3) is 0.923. The minimum atomic E-state index is -0.826. The lowest BCUT2D eigenvalue weighted by molar-refractivity contribution is -0.146. The average Bonchev–Trinajstić information content (AvgIpc) is 2.69. The summed E-state index contributed by atoms with van der Waals surface area (Å²) in [7, 11) is 1.39. The number of nitrogens with two attached hydrogens (primary N) is 1. The van der Waals surface area contributed by atoms with Crippen molar-refractivity contribution in [3.63, 3.8) is 0 Å². The Balaban J connectivity index is 2.13. The molecule has 0 spiro atoms. The Morgan fingerprint density at radius 3 is 2.76 bits per heavy atom. The van der Waals surface area contributed by atoms with E-state index in [1.807, 2.05) is 0 Å². The number of nitrogens with zero attached hydrogens (tertiary/aromatic N) is 1. The molecule has 1 aliphatic heterocycles. The van der Waals surface area contributed by atoms with Gasteiger partial charge in [0.2, 0.25) is 0 Å². The molecule has 4 nitrogen and oxygen atoms in total. The summed E-state index contributed by atoms with van der Waals surface area (Å²) in [5.41, 5.74) is 5.07. The summed E-state index contributed by atoms with van der Waals surface area (Å²) in [6, 6.07) is 0. The van der Waals surface area contributed by atoms with Crippen molar-refractivity contribution in [1.82, 2.24) is 4.90 Å². The summed E-state index contributed by atoms with van der Waals surface area (Å²) in [5, 5.41) is 0. The van der Waals surface area contributed by atoms with Crippen molar-refractivity contribution < 1.29 is 9.53 Å². The predicted molar refractivity (Wildman–Crippen MR) is 68.7 cm³/mol. The van der Waals surface area contributed by atoms with E-state index in [1.165, 1.54) is 26.6 Å². The van der Waals surface area contributed by atoms with Gasteiger partial charge in [0.25, 0.3) is 0 Å². The Morgan fingerprint density at radius 1 is 1.53 bits per heavy atom. The highest BCUT2D eigenvalue weighted by molar-refractivity contribution is 5.79. The standard InChI is InChI=1S/C13H26N2O2/c1-11-6-9-15(10-11)8-5-4-7-13(2,14)12(16)17-3/h11H,4-10,14H2,1-3H3. The van der Waals surface area contributed by atoms with E-state index < -0.39 is 5.54 Å². The molecular formula is C13H26N2O2. The van der Waals surface area contributed by atoms with E-state index in [-0.39, 0.29) is 5.97 Å². The number of methoxy groups -OCH3 is 1. The molecule has 17 heavy (non-hydrogen) atoms. The van der Waals surface area contributed by atoms with E-state index in [4.69, 9.17) is 5.73 Å². The number of unbranched alkanes of at least 4 members (excludes halogenated alkanes) is 1. The Labute approximate surface area is 104 Å². The van der Waals surface area contributed by atoms with Crippen LogP contribution in [-0.2, 0) is 9.53 Å². The number of esters is 1. The van der Waals surface area contributed by atoms with Crippen molar-refractivity contribution in [3.8, 4) is 0 Å². The summed E-state index contributed by atoms with van der Waals surface area (Å²) in [4.78, 5) is 13.9. The van der Waals surface area contributed by atoms with Gasteiger partial charge in [-0.3, -0.25) is 4.79 Å². The van der Waals surface area contributed by atoms with Crippen LogP contribution in [0, 0.1) is 5.92 Å². The van der Waals surface area contributed by atoms with Gasteiger partial charge >= 0.3 is 5.97 Å². The molecule has 0 aromatic heterocycles. The molecule has 0 amide bonds. The van der Waals surface area contributed by atoms with Crippen LogP contribution >= 0.6 is 0 Å². The van der Waals surface area contributed by atoms with Crippen LogP contribution in [0.2, 0.25) is 0 Å². The lowest BCUT2D eigenvalue weighted by Crippen LogP contribution is -2.45. The number of likely N-dealkylation sites (tertiary alicyclic amines) is 1. The van der Waals surface area contributed by atoms with E-state index in [1.54, 1.807) is 6.92 Å². The molecule has 2 N–H and O–H groups in total. The van der Waals surface area contributed by atoms with Gasteiger partial charge in [0.1, 0.15) is 5.54 Å². The first-order valence-corrected chi connectivity index (χ1v) is 6.55. The van der Waals surface area contributed by atoms with E-state index >= 15 is 0 Å². The van der Waals surface area contributed by atoms with Gasteiger partial charge in [-0.15, -0.1) is 0 Å². The Bertz CT molecular complexity index is 254. The van der Waals surface area contributed by atoms with Crippen LogP contribution < -0.4 is 5.73 Å². The van der Waals surface area contributed by atoms with Gasteiger partial charge in [-0.05, 0) is 51.6 Å². The van der Waals surface area contributed by atoms with E-state index in [9.17, 15) is 4.79 Å². The van der Waals surface area contributed by atoms with Crippen LogP contribution in [0.1, 0.15) is 39.5 Å². The molecular weight excluding hydrogens is 216 g/mol. The second-order valence-corrected chi connectivity index (χ2v) is 5.56. The van der Waals surface area contributed by atoms with Crippen molar-refractivity contribution >= 4 is 5.97 Å². The molecule has 1 heterocycles. The largest absolute Gasteiger partial charge is 0.468 e. The number of ether oxygens (including phenoxy) is 1. The Kier molecular flexibility index (Phi) is 5.40. The SMILES string of the molecule is COC(=O)C(C)(N)CCCCN1CCC(C)C1. The third kappa shape index (κ3) is 4.64. The van der Waals surface area contributed by atoms with Crippen LogP contribution in [0.4, 0.5) is 0 Å². The first-order valence-electron chi connectivity index (χ1n) is 6.55. The number of carbonyl (C=O) groups excluding carboxylic acids is 1. The maximum Gasteiger partial charge on any atom is 0.325 e. The second kappa shape index (κ2) is 6.36. The minimum absolute atomic E-state index is 0.313. The highest BCUT2D eigenvalue weighted by Gasteiger charge is 2.28. The molecule has 0 aliphatic carbocycles. The normalized spacial score (nSPS) is 24.6. The zero-order valence-corrected chi connectivity index (χ0v) is 11.4. The van der Waals surface area contributed by atoms with Gasteiger partial charge in [0.15, 0.2) is 0 Å². The summed E-state index contributed by atoms with van der Waals surface area (Å²) < 4.78 is 4.69. The molecule has 2 atom stereocenters. The van der Waals surface area contributed by atoms with E-state index in [2.05, 4.69) is 16.6 Å². The van der Waals surface area contributed by atoms with Gasteiger partial charge in [0.05, 0.1) is 7.11 Å². The summed E-state index contributed by atoms with van der Waals surface area (Å²) in [6.07, 6.45) is 4.10. The van der Waals surface area contributed by atoms with Crippen molar-refractivity contribution in [2.45, 2.75) is 45.1 Å². The Morgan fingerprint density at radius 2 is 2.24 bits per heavy atom. The van der Waals surface area contributed by atoms with Gasteiger partial charge in [-0.2, -0.15) is 0 Å². The smallest absolute Gasteiger partial charge is 0.325 e. The maximum absolute atomic E-state index is 11.4. The lowest BCUT2D eigenvalue weighted by Gasteiger charge is -2.22. The molecule has 1 aliphatic rings. The molecule has 1 fully saturated rings. The van der Waals surface area contributed by atoms with Gasteiger partial charge < -0.3 is 15.4 Å². The summed E-state index contributed by atoms with van der Waals surface area (Å²) in [6.45, 7) is 7.61. The lowest BCUT2D eigenvalue weighted by atomic mass is 9.96. The van der Waals surface area contributed by atoms with Crippen LogP contribution in [0.3, 0.4) is 0 Å². The summed E-state index contributed by atoms with van der Waals surface area (Å²) in [5.74, 6) is 0.525. The zero-order valence-electron chi connectivity index (χ0n) is 11.4. The van der Waals surface area contributed by atoms with Crippen molar-refractivity contribution in [1.29, 1.82) is 0 Å². The fourth-order valence-electron chi connectivity index (χ4n) is 2.39. The molecule has 0 radical (unpaired) electrons. The van der Waals surface area contributed by atoms with Crippen LogP contribution in [0.5, 0.6) is 0 Å². The quantitative estimate of drug-likeness (QED) is 0.565. The molecule has 0 aromatic carbocycles.